The lowest BCUT2D eigenvalue weighted by atomic mass is 9.93. The van der Waals surface area contributed by atoms with Crippen LogP contribution >= 0.6 is 0 Å². The summed E-state index contributed by atoms with van der Waals surface area (Å²) in [7, 11) is 0. The average Bonchev–Trinajstić information content (AvgIpc) is 3.71. The Hall–Kier alpha value is -8.46. The van der Waals surface area contributed by atoms with Gasteiger partial charge in [-0.3, -0.25) is 0 Å². The fraction of sp³-hybridized carbons (Fsp3) is 0. The van der Waals surface area contributed by atoms with Crippen molar-refractivity contribution in [3.63, 3.8) is 0 Å². The molecule has 0 radical (unpaired) electrons. The zero-order valence-corrected chi connectivity index (χ0v) is 35.1. The molecule has 11 aromatic carbocycles. The molecule has 0 atom stereocenters. The molecule has 0 spiro atoms. The summed E-state index contributed by atoms with van der Waals surface area (Å²) in [5.74, 6) is 0. The fourth-order valence-corrected chi connectivity index (χ4v) is 9.73. The average molecular weight is 815 g/mol. The van der Waals surface area contributed by atoms with E-state index in [2.05, 4.69) is 264 Å². The van der Waals surface area contributed by atoms with E-state index in [1.807, 2.05) is 0 Å². The lowest BCUT2D eigenvalue weighted by Crippen LogP contribution is -2.09. The Morgan fingerprint density at radius 2 is 0.641 bits per heavy atom. The first-order valence-corrected chi connectivity index (χ1v) is 22.0. The molecule has 0 N–H and O–H groups in total. The minimum Gasteiger partial charge on any atom is -0.311 e. The van der Waals surface area contributed by atoms with E-state index in [9.17, 15) is 0 Å². The number of nitrogens with zero attached hydrogens (tertiary/aromatic N) is 2. The molecule has 0 saturated heterocycles. The van der Waals surface area contributed by atoms with Gasteiger partial charge in [-0.25, -0.2) is 0 Å². The van der Waals surface area contributed by atoms with Crippen molar-refractivity contribution in [2.24, 2.45) is 0 Å². The monoisotopic (exact) mass is 814 g/mol. The van der Waals surface area contributed by atoms with Crippen molar-refractivity contribution >= 4 is 60.4 Å². The Kier molecular flexibility index (Phi) is 9.20. The summed E-state index contributed by atoms with van der Waals surface area (Å²) in [5.41, 5.74) is 16.5. The van der Waals surface area contributed by atoms with Gasteiger partial charge in [0.1, 0.15) is 0 Å². The molecule has 300 valence electrons. The highest BCUT2D eigenvalue weighted by Gasteiger charge is 2.17. The third kappa shape index (κ3) is 6.52. The van der Waals surface area contributed by atoms with Crippen LogP contribution < -0.4 is 4.90 Å². The van der Waals surface area contributed by atoms with Gasteiger partial charge in [0.25, 0.3) is 0 Å². The molecule has 1 heterocycles. The Morgan fingerprint density at radius 1 is 0.250 bits per heavy atom. The molecule has 12 rings (SSSR count). The highest BCUT2D eigenvalue weighted by molar-refractivity contribution is 6.14. The molecule has 0 aliphatic carbocycles. The second-order valence-corrected chi connectivity index (χ2v) is 16.5. The molecule has 2 nitrogen and oxygen atoms in total. The summed E-state index contributed by atoms with van der Waals surface area (Å²) >= 11 is 0. The number of rotatable bonds is 8. The highest BCUT2D eigenvalue weighted by Crippen LogP contribution is 2.41. The van der Waals surface area contributed by atoms with Gasteiger partial charge in [-0.1, -0.05) is 188 Å². The quantitative estimate of drug-likeness (QED) is 0.139. The van der Waals surface area contributed by atoms with Crippen LogP contribution in [0.1, 0.15) is 0 Å². The molecule has 0 fully saturated rings. The van der Waals surface area contributed by atoms with E-state index in [-0.39, 0.29) is 0 Å². The van der Waals surface area contributed by atoms with Gasteiger partial charge < -0.3 is 9.47 Å². The second kappa shape index (κ2) is 15.8. The van der Waals surface area contributed by atoms with E-state index in [4.69, 9.17) is 0 Å². The standard InChI is InChI=1S/C62H42N2/c1-2-14-45(15-3-1)53-17-6-7-18-54(53)46-30-38-50(39-31-46)63(51-40-32-47(33-41-51)60-42-48-16-4-5-19-55(48)56-20-8-9-21-57(56)60)49-34-26-43(27-35-49)44-28-36-52(37-29-44)64-61-24-12-10-22-58(61)59-23-11-13-25-62(59)64/h1-42H. The van der Waals surface area contributed by atoms with Crippen molar-refractivity contribution in [2.45, 2.75) is 0 Å². The largest absolute Gasteiger partial charge is 0.311 e. The van der Waals surface area contributed by atoms with Crippen molar-refractivity contribution in [3.8, 4) is 50.2 Å². The van der Waals surface area contributed by atoms with Crippen molar-refractivity contribution in [2.75, 3.05) is 4.90 Å². The number of hydrogen-bond acceptors (Lipinski definition) is 1. The van der Waals surface area contributed by atoms with Gasteiger partial charge in [-0.15, -0.1) is 0 Å². The lowest BCUT2D eigenvalue weighted by Gasteiger charge is -2.26. The summed E-state index contributed by atoms with van der Waals surface area (Å²) in [6.07, 6.45) is 0. The second-order valence-electron chi connectivity index (χ2n) is 16.5. The minimum atomic E-state index is 1.09. The van der Waals surface area contributed by atoms with Crippen LogP contribution in [0.25, 0.3) is 93.5 Å². The molecule has 1 aromatic heterocycles. The molecule has 12 aromatic rings. The van der Waals surface area contributed by atoms with Crippen LogP contribution in [-0.4, -0.2) is 4.57 Å². The molecule has 0 amide bonds. The van der Waals surface area contributed by atoms with Gasteiger partial charge in [0.05, 0.1) is 11.0 Å². The molecule has 0 aliphatic rings. The van der Waals surface area contributed by atoms with Gasteiger partial charge in [0, 0.05) is 33.5 Å². The number of anilines is 3. The first-order valence-electron chi connectivity index (χ1n) is 22.0. The van der Waals surface area contributed by atoms with E-state index in [1.54, 1.807) is 0 Å². The Morgan fingerprint density at radius 3 is 1.20 bits per heavy atom. The molecule has 0 aliphatic heterocycles. The fourth-order valence-electron chi connectivity index (χ4n) is 9.73. The van der Waals surface area contributed by atoms with Crippen molar-refractivity contribution in [1.82, 2.24) is 4.57 Å². The van der Waals surface area contributed by atoms with Crippen LogP contribution in [0.4, 0.5) is 17.1 Å². The number of aromatic nitrogens is 1. The summed E-state index contributed by atoms with van der Waals surface area (Å²) in [6.45, 7) is 0. The maximum Gasteiger partial charge on any atom is 0.0541 e. The normalized spacial score (nSPS) is 11.4. The van der Waals surface area contributed by atoms with Gasteiger partial charge in [0.2, 0.25) is 0 Å². The smallest absolute Gasteiger partial charge is 0.0541 e. The van der Waals surface area contributed by atoms with Gasteiger partial charge in [-0.05, 0) is 133 Å². The first kappa shape index (κ1) is 37.3. The van der Waals surface area contributed by atoms with Crippen LogP contribution in [0.5, 0.6) is 0 Å². The van der Waals surface area contributed by atoms with Crippen LogP contribution in [0.15, 0.2) is 255 Å². The van der Waals surface area contributed by atoms with Gasteiger partial charge in [0.15, 0.2) is 0 Å². The minimum absolute atomic E-state index is 1.09. The summed E-state index contributed by atoms with van der Waals surface area (Å²) < 4.78 is 2.37. The van der Waals surface area contributed by atoms with E-state index in [0.717, 1.165) is 22.7 Å². The molecule has 0 saturated carbocycles. The Labute approximate surface area is 373 Å². The van der Waals surface area contributed by atoms with E-state index < -0.39 is 0 Å². The molecular weight excluding hydrogens is 773 g/mol. The van der Waals surface area contributed by atoms with Crippen LogP contribution in [0, 0.1) is 0 Å². The van der Waals surface area contributed by atoms with E-state index in [0.29, 0.717) is 0 Å². The predicted octanol–water partition coefficient (Wildman–Crippen LogP) is 17.2. The predicted molar refractivity (Wildman–Crippen MR) is 272 cm³/mol. The summed E-state index contributed by atoms with van der Waals surface area (Å²) in [4.78, 5) is 2.37. The van der Waals surface area contributed by atoms with Gasteiger partial charge >= 0.3 is 0 Å². The highest BCUT2D eigenvalue weighted by atomic mass is 15.1. The van der Waals surface area contributed by atoms with E-state index >= 15 is 0 Å². The summed E-state index contributed by atoms with van der Waals surface area (Å²) in [5, 5.41) is 7.60. The van der Waals surface area contributed by atoms with Crippen molar-refractivity contribution < 1.29 is 0 Å². The Balaban J connectivity index is 0.917. The zero-order chi connectivity index (χ0) is 42.4. The number of hydrogen-bond donors (Lipinski definition) is 0. The molecule has 0 bridgehead atoms. The van der Waals surface area contributed by atoms with Crippen molar-refractivity contribution in [3.05, 3.63) is 255 Å². The molecule has 64 heavy (non-hydrogen) atoms. The lowest BCUT2D eigenvalue weighted by molar-refractivity contribution is 1.18. The SMILES string of the molecule is c1ccc(-c2ccccc2-c2ccc(N(c3ccc(-c4ccc(-n5c6ccccc6c6ccccc65)cc4)cc3)c3ccc(-c4cc5ccccc5c5ccccc45)cc3)cc2)cc1. The van der Waals surface area contributed by atoms with Crippen LogP contribution in [-0.2, 0) is 0 Å². The first-order chi connectivity index (χ1) is 31.7. The molecule has 2 heteroatoms. The van der Waals surface area contributed by atoms with Crippen molar-refractivity contribution in [1.29, 1.82) is 0 Å². The molecule has 0 unspecified atom stereocenters. The number of para-hydroxylation sites is 2. The Bertz CT molecular complexity index is 3570. The third-order valence-electron chi connectivity index (χ3n) is 12.8. The number of benzene rings is 11. The summed E-state index contributed by atoms with van der Waals surface area (Å²) in [6, 6.07) is 92.5. The molecular formula is C62H42N2. The van der Waals surface area contributed by atoms with Crippen LogP contribution in [0.2, 0.25) is 0 Å². The maximum absolute atomic E-state index is 2.37. The maximum atomic E-state index is 2.37. The topological polar surface area (TPSA) is 8.17 Å². The van der Waals surface area contributed by atoms with Gasteiger partial charge in [-0.2, -0.15) is 0 Å². The number of fused-ring (bicyclic) bond motifs is 6. The third-order valence-corrected chi connectivity index (χ3v) is 12.8. The van der Waals surface area contributed by atoms with E-state index in [1.165, 1.54) is 87.9 Å². The zero-order valence-electron chi connectivity index (χ0n) is 35.1. The van der Waals surface area contributed by atoms with Crippen LogP contribution in [0.3, 0.4) is 0 Å².